The SMILES string of the molecule is COc1ccc(N(C)CC2(CCN)CC2)cc1. The van der Waals surface area contributed by atoms with Crippen LogP contribution >= 0.6 is 0 Å². The Balaban J connectivity index is 1.97. The minimum absolute atomic E-state index is 0.490. The zero-order chi connectivity index (χ0) is 12.3. The molecule has 1 saturated carbocycles. The molecule has 3 heteroatoms. The summed E-state index contributed by atoms with van der Waals surface area (Å²) in [5.41, 5.74) is 7.41. The second-order valence-corrected chi connectivity index (χ2v) is 5.09. The van der Waals surface area contributed by atoms with Gasteiger partial charge in [-0.15, -0.1) is 0 Å². The number of nitrogens with two attached hydrogens (primary N) is 1. The van der Waals surface area contributed by atoms with E-state index >= 15 is 0 Å². The summed E-state index contributed by atoms with van der Waals surface area (Å²) in [6.45, 7) is 1.91. The third kappa shape index (κ3) is 2.91. The number of rotatable bonds is 6. The average Bonchev–Trinajstić information content (AvgIpc) is 3.09. The van der Waals surface area contributed by atoms with Gasteiger partial charge in [-0.3, -0.25) is 0 Å². The van der Waals surface area contributed by atoms with Gasteiger partial charge in [0.2, 0.25) is 0 Å². The lowest BCUT2D eigenvalue weighted by molar-refractivity contribution is 0.414. The van der Waals surface area contributed by atoms with Crippen LogP contribution in [-0.4, -0.2) is 27.2 Å². The molecule has 0 bridgehead atoms. The van der Waals surface area contributed by atoms with E-state index in [0.29, 0.717) is 5.41 Å². The van der Waals surface area contributed by atoms with E-state index in [1.54, 1.807) is 7.11 Å². The molecule has 1 aliphatic rings. The Morgan fingerprint density at radius 2 is 1.94 bits per heavy atom. The number of benzene rings is 1. The third-order valence-electron chi connectivity index (χ3n) is 3.72. The fraction of sp³-hybridized carbons (Fsp3) is 0.571. The Morgan fingerprint density at radius 3 is 2.41 bits per heavy atom. The minimum Gasteiger partial charge on any atom is -0.497 e. The molecule has 0 aliphatic heterocycles. The van der Waals surface area contributed by atoms with E-state index < -0.39 is 0 Å². The van der Waals surface area contributed by atoms with Crippen LogP contribution in [0.25, 0.3) is 0 Å². The lowest BCUT2D eigenvalue weighted by atomic mass is 10.0. The standard InChI is InChI=1S/C14H22N2O/c1-16(11-14(7-8-14)9-10-15)12-3-5-13(17-2)6-4-12/h3-6H,7-11,15H2,1-2H3. The van der Waals surface area contributed by atoms with Crippen molar-refractivity contribution in [2.45, 2.75) is 19.3 Å². The predicted octanol–water partition coefficient (Wildman–Crippen LogP) is 2.26. The Kier molecular flexibility index (Phi) is 3.57. The molecular weight excluding hydrogens is 212 g/mol. The molecular formula is C14H22N2O. The smallest absolute Gasteiger partial charge is 0.119 e. The summed E-state index contributed by atoms with van der Waals surface area (Å²) < 4.78 is 5.17. The summed E-state index contributed by atoms with van der Waals surface area (Å²) >= 11 is 0. The first-order valence-corrected chi connectivity index (χ1v) is 6.24. The summed E-state index contributed by atoms with van der Waals surface area (Å²) in [6, 6.07) is 8.23. The maximum Gasteiger partial charge on any atom is 0.119 e. The highest BCUT2D eigenvalue weighted by Gasteiger charge is 2.42. The molecule has 0 saturated heterocycles. The molecule has 94 valence electrons. The molecule has 17 heavy (non-hydrogen) atoms. The van der Waals surface area contributed by atoms with Crippen molar-refractivity contribution in [3.63, 3.8) is 0 Å². The lowest BCUT2D eigenvalue weighted by Crippen LogP contribution is -2.28. The zero-order valence-corrected chi connectivity index (χ0v) is 10.8. The van der Waals surface area contributed by atoms with E-state index in [0.717, 1.165) is 25.3 Å². The van der Waals surface area contributed by atoms with Gasteiger partial charge in [0, 0.05) is 19.3 Å². The molecule has 0 aromatic heterocycles. The van der Waals surface area contributed by atoms with Gasteiger partial charge in [-0.05, 0) is 55.5 Å². The van der Waals surface area contributed by atoms with Crippen LogP contribution in [0.5, 0.6) is 5.75 Å². The number of ether oxygens (including phenoxy) is 1. The molecule has 2 rings (SSSR count). The fourth-order valence-electron chi connectivity index (χ4n) is 2.40. The summed E-state index contributed by atoms with van der Waals surface area (Å²) in [5.74, 6) is 0.908. The van der Waals surface area contributed by atoms with E-state index in [9.17, 15) is 0 Å². The number of hydrogen-bond acceptors (Lipinski definition) is 3. The highest BCUT2D eigenvalue weighted by Crippen LogP contribution is 2.49. The van der Waals surface area contributed by atoms with Crippen molar-refractivity contribution >= 4 is 5.69 Å². The van der Waals surface area contributed by atoms with Crippen LogP contribution in [0.15, 0.2) is 24.3 Å². The molecule has 1 fully saturated rings. The van der Waals surface area contributed by atoms with Crippen molar-refractivity contribution in [2.75, 3.05) is 32.1 Å². The summed E-state index contributed by atoms with van der Waals surface area (Å²) in [7, 11) is 3.84. The van der Waals surface area contributed by atoms with Crippen LogP contribution in [0.1, 0.15) is 19.3 Å². The van der Waals surface area contributed by atoms with Gasteiger partial charge in [0.15, 0.2) is 0 Å². The molecule has 2 N–H and O–H groups in total. The average molecular weight is 234 g/mol. The van der Waals surface area contributed by atoms with Gasteiger partial charge in [0.05, 0.1) is 7.11 Å². The normalized spacial score (nSPS) is 16.6. The first kappa shape index (κ1) is 12.2. The van der Waals surface area contributed by atoms with Gasteiger partial charge in [0.1, 0.15) is 5.75 Å². The van der Waals surface area contributed by atoms with Crippen molar-refractivity contribution in [1.82, 2.24) is 0 Å². The molecule has 3 nitrogen and oxygen atoms in total. The fourth-order valence-corrected chi connectivity index (χ4v) is 2.40. The first-order chi connectivity index (χ1) is 8.19. The maximum absolute atomic E-state index is 5.67. The number of anilines is 1. The zero-order valence-electron chi connectivity index (χ0n) is 10.8. The summed E-state index contributed by atoms with van der Waals surface area (Å²) in [6.07, 6.45) is 3.79. The van der Waals surface area contributed by atoms with E-state index in [-0.39, 0.29) is 0 Å². The second-order valence-electron chi connectivity index (χ2n) is 5.09. The summed E-state index contributed by atoms with van der Waals surface area (Å²) in [4.78, 5) is 2.32. The highest BCUT2D eigenvalue weighted by molar-refractivity contribution is 5.48. The lowest BCUT2D eigenvalue weighted by Gasteiger charge is -2.25. The van der Waals surface area contributed by atoms with Gasteiger partial charge in [0.25, 0.3) is 0 Å². The van der Waals surface area contributed by atoms with Crippen LogP contribution < -0.4 is 15.4 Å². The summed E-state index contributed by atoms with van der Waals surface area (Å²) in [5, 5.41) is 0. The van der Waals surface area contributed by atoms with Gasteiger partial charge >= 0.3 is 0 Å². The number of methoxy groups -OCH3 is 1. The molecule has 0 radical (unpaired) electrons. The Labute approximate surface area is 104 Å². The van der Waals surface area contributed by atoms with E-state index in [1.807, 2.05) is 12.1 Å². The quantitative estimate of drug-likeness (QED) is 0.820. The molecule has 0 atom stereocenters. The molecule has 0 amide bonds. The molecule has 1 aromatic carbocycles. The van der Waals surface area contributed by atoms with Gasteiger partial charge in [-0.1, -0.05) is 0 Å². The topological polar surface area (TPSA) is 38.5 Å². The van der Waals surface area contributed by atoms with Crippen molar-refractivity contribution in [1.29, 1.82) is 0 Å². The van der Waals surface area contributed by atoms with Crippen LogP contribution in [0, 0.1) is 5.41 Å². The number of nitrogens with zero attached hydrogens (tertiary/aromatic N) is 1. The molecule has 0 spiro atoms. The molecule has 0 unspecified atom stereocenters. The molecule has 0 heterocycles. The van der Waals surface area contributed by atoms with Crippen LogP contribution in [0.4, 0.5) is 5.69 Å². The van der Waals surface area contributed by atoms with Crippen LogP contribution in [0.3, 0.4) is 0 Å². The Hall–Kier alpha value is -1.22. The van der Waals surface area contributed by atoms with Crippen molar-refractivity contribution in [3.8, 4) is 5.75 Å². The third-order valence-corrected chi connectivity index (χ3v) is 3.72. The highest BCUT2D eigenvalue weighted by atomic mass is 16.5. The van der Waals surface area contributed by atoms with E-state index in [2.05, 4.69) is 24.1 Å². The van der Waals surface area contributed by atoms with E-state index in [4.69, 9.17) is 10.5 Å². The number of hydrogen-bond donors (Lipinski definition) is 1. The van der Waals surface area contributed by atoms with Gasteiger partial charge in [-0.25, -0.2) is 0 Å². The molecule has 1 aromatic rings. The van der Waals surface area contributed by atoms with Gasteiger partial charge in [-0.2, -0.15) is 0 Å². The second kappa shape index (κ2) is 4.96. The van der Waals surface area contributed by atoms with Crippen molar-refractivity contribution < 1.29 is 4.74 Å². The Morgan fingerprint density at radius 1 is 1.29 bits per heavy atom. The van der Waals surface area contributed by atoms with Crippen molar-refractivity contribution in [2.24, 2.45) is 11.1 Å². The maximum atomic E-state index is 5.67. The van der Waals surface area contributed by atoms with Crippen LogP contribution in [-0.2, 0) is 0 Å². The van der Waals surface area contributed by atoms with E-state index in [1.165, 1.54) is 18.5 Å². The minimum atomic E-state index is 0.490. The van der Waals surface area contributed by atoms with Crippen molar-refractivity contribution in [3.05, 3.63) is 24.3 Å². The molecule has 1 aliphatic carbocycles. The van der Waals surface area contributed by atoms with Gasteiger partial charge < -0.3 is 15.4 Å². The Bertz CT molecular complexity index is 357. The first-order valence-electron chi connectivity index (χ1n) is 6.24. The largest absolute Gasteiger partial charge is 0.497 e. The predicted molar refractivity (Wildman–Crippen MR) is 71.6 cm³/mol. The monoisotopic (exact) mass is 234 g/mol. The van der Waals surface area contributed by atoms with Crippen LogP contribution in [0.2, 0.25) is 0 Å².